The first kappa shape index (κ1) is 21.6. The van der Waals surface area contributed by atoms with E-state index in [0.29, 0.717) is 0 Å². The number of hydrogen-bond acceptors (Lipinski definition) is 6. The molecule has 0 amide bonds. The summed E-state index contributed by atoms with van der Waals surface area (Å²) in [6.07, 6.45) is 11.4. The van der Waals surface area contributed by atoms with E-state index < -0.39 is 0 Å². The standard InChI is InChI=1S/C24H28N8/c1-19(21-5-9-23(10-6-21)31-17-15-27-29-31)25-13-3-4-14-26-20(2)22-7-11-24(12-8-22)32-18-16-28-30-32/h3-12,15-20,25-26H,13-14H2,1-2H3/b4-3+. The summed E-state index contributed by atoms with van der Waals surface area (Å²) < 4.78 is 3.51. The van der Waals surface area contributed by atoms with E-state index in [4.69, 9.17) is 0 Å². The molecule has 0 spiro atoms. The van der Waals surface area contributed by atoms with Crippen LogP contribution in [0.5, 0.6) is 0 Å². The molecule has 2 unspecified atom stereocenters. The van der Waals surface area contributed by atoms with E-state index in [0.717, 1.165) is 24.5 Å². The molecule has 0 saturated carbocycles. The van der Waals surface area contributed by atoms with Gasteiger partial charge >= 0.3 is 0 Å². The zero-order chi connectivity index (χ0) is 22.2. The summed E-state index contributed by atoms with van der Waals surface area (Å²) in [5.74, 6) is 0. The Kier molecular flexibility index (Phi) is 7.16. The molecule has 4 rings (SSSR count). The van der Waals surface area contributed by atoms with Gasteiger partial charge < -0.3 is 10.6 Å². The number of hydrogen-bond donors (Lipinski definition) is 2. The number of aromatic nitrogens is 6. The van der Waals surface area contributed by atoms with E-state index in [1.165, 1.54) is 11.1 Å². The molecule has 0 bridgehead atoms. The van der Waals surface area contributed by atoms with E-state index in [2.05, 4.69) is 106 Å². The molecule has 2 heterocycles. The molecule has 2 aromatic carbocycles. The van der Waals surface area contributed by atoms with Gasteiger partial charge in [0.25, 0.3) is 0 Å². The Bertz CT molecular complexity index is 994. The fourth-order valence-corrected chi connectivity index (χ4v) is 3.42. The molecule has 32 heavy (non-hydrogen) atoms. The van der Waals surface area contributed by atoms with E-state index >= 15 is 0 Å². The quantitative estimate of drug-likeness (QED) is 0.377. The van der Waals surface area contributed by atoms with Gasteiger partial charge in [-0.2, -0.15) is 0 Å². The van der Waals surface area contributed by atoms with Gasteiger partial charge in [0, 0.05) is 25.2 Å². The molecule has 0 fully saturated rings. The Morgan fingerprint density at radius 3 is 1.44 bits per heavy atom. The SMILES string of the molecule is CC(NC/C=C/CNC(C)c1ccc(-n2ccnn2)cc1)c1ccc(-n2ccnn2)cc1. The van der Waals surface area contributed by atoms with Crippen molar-refractivity contribution in [2.75, 3.05) is 13.1 Å². The van der Waals surface area contributed by atoms with Gasteiger partial charge in [0.1, 0.15) is 0 Å². The number of rotatable bonds is 10. The number of benzene rings is 2. The largest absolute Gasteiger partial charge is 0.307 e. The predicted molar refractivity (Wildman–Crippen MR) is 125 cm³/mol. The summed E-state index contributed by atoms with van der Waals surface area (Å²) in [6, 6.07) is 17.2. The van der Waals surface area contributed by atoms with E-state index in [9.17, 15) is 0 Å². The molecular formula is C24H28N8. The highest BCUT2D eigenvalue weighted by Crippen LogP contribution is 2.16. The second-order valence-electron chi connectivity index (χ2n) is 7.61. The minimum Gasteiger partial charge on any atom is -0.307 e. The Balaban J connectivity index is 1.18. The summed E-state index contributed by atoms with van der Waals surface area (Å²) in [5.41, 5.74) is 4.49. The van der Waals surface area contributed by atoms with E-state index in [1.54, 1.807) is 21.8 Å². The lowest BCUT2D eigenvalue weighted by molar-refractivity contribution is 0.607. The number of nitrogens with zero attached hydrogens (tertiary/aromatic N) is 6. The van der Waals surface area contributed by atoms with Crippen molar-refractivity contribution < 1.29 is 0 Å². The van der Waals surface area contributed by atoms with Crippen molar-refractivity contribution in [1.82, 2.24) is 40.6 Å². The zero-order valence-electron chi connectivity index (χ0n) is 18.3. The van der Waals surface area contributed by atoms with Gasteiger partial charge in [-0.15, -0.1) is 10.2 Å². The lowest BCUT2D eigenvalue weighted by atomic mass is 10.1. The van der Waals surface area contributed by atoms with E-state index in [-0.39, 0.29) is 12.1 Å². The van der Waals surface area contributed by atoms with Crippen LogP contribution in [-0.2, 0) is 0 Å². The second-order valence-corrected chi connectivity index (χ2v) is 7.61. The van der Waals surface area contributed by atoms with Gasteiger partial charge in [0.05, 0.1) is 36.2 Å². The van der Waals surface area contributed by atoms with Crippen LogP contribution in [0.3, 0.4) is 0 Å². The van der Waals surface area contributed by atoms with Crippen molar-refractivity contribution in [1.29, 1.82) is 0 Å². The molecule has 4 aromatic rings. The lowest BCUT2D eigenvalue weighted by Gasteiger charge is -2.14. The first-order chi connectivity index (χ1) is 15.7. The molecule has 0 radical (unpaired) electrons. The molecule has 0 saturated heterocycles. The summed E-state index contributed by atoms with van der Waals surface area (Å²) in [4.78, 5) is 0. The normalized spacial score (nSPS) is 13.4. The Morgan fingerprint density at radius 2 is 1.09 bits per heavy atom. The van der Waals surface area contributed by atoms with Crippen LogP contribution in [0, 0.1) is 0 Å². The Hall–Kier alpha value is -3.62. The monoisotopic (exact) mass is 428 g/mol. The average Bonchev–Trinajstić information content (AvgIpc) is 3.56. The van der Waals surface area contributed by atoms with Gasteiger partial charge in [-0.05, 0) is 49.2 Å². The van der Waals surface area contributed by atoms with Crippen LogP contribution in [-0.4, -0.2) is 43.1 Å². The predicted octanol–water partition coefficient (Wildman–Crippen LogP) is 3.41. The maximum Gasteiger partial charge on any atom is 0.0697 e. The summed E-state index contributed by atoms with van der Waals surface area (Å²) in [6.45, 7) is 5.96. The van der Waals surface area contributed by atoms with Crippen LogP contribution >= 0.6 is 0 Å². The lowest BCUT2D eigenvalue weighted by Crippen LogP contribution is -2.20. The summed E-state index contributed by atoms with van der Waals surface area (Å²) >= 11 is 0. The molecule has 2 N–H and O–H groups in total. The van der Waals surface area contributed by atoms with E-state index in [1.807, 2.05) is 12.4 Å². The molecule has 2 atom stereocenters. The first-order valence-corrected chi connectivity index (χ1v) is 10.8. The molecular weight excluding hydrogens is 400 g/mol. The maximum atomic E-state index is 4.02. The van der Waals surface area contributed by atoms with Crippen LogP contribution in [0.2, 0.25) is 0 Å². The third-order valence-electron chi connectivity index (χ3n) is 5.41. The molecule has 8 nitrogen and oxygen atoms in total. The van der Waals surface area contributed by atoms with Crippen molar-refractivity contribution in [3.63, 3.8) is 0 Å². The van der Waals surface area contributed by atoms with Gasteiger partial charge in [-0.3, -0.25) is 0 Å². The fourth-order valence-electron chi connectivity index (χ4n) is 3.42. The Labute approximate surface area is 188 Å². The third kappa shape index (κ3) is 5.54. The first-order valence-electron chi connectivity index (χ1n) is 10.8. The number of nitrogens with one attached hydrogen (secondary N) is 2. The zero-order valence-corrected chi connectivity index (χ0v) is 18.3. The highest BCUT2D eigenvalue weighted by Gasteiger charge is 2.06. The average molecular weight is 429 g/mol. The smallest absolute Gasteiger partial charge is 0.0697 e. The summed E-state index contributed by atoms with van der Waals surface area (Å²) in [7, 11) is 0. The molecule has 0 aliphatic rings. The van der Waals surface area contributed by atoms with Crippen LogP contribution < -0.4 is 10.6 Å². The minimum atomic E-state index is 0.264. The third-order valence-corrected chi connectivity index (χ3v) is 5.41. The van der Waals surface area contributed by atoms with Crippen LogP contribution in [0.15, 0.2) is 85.5 Å². The molecule has 0 aliphatic heterocycles. The topological polar surface area (TPSA) is 85.5 Å². The molecule has 0 aliphatic carbocycles. The highest BCUT2D eigenvalue weighted by molar-refractivity contribution is 5.35. The molecule has 164 valence electrons. The van der Waals surface area contributed by atoms with Gasteiger partial charge in [-0.1, -0.05) is 46.8 Å². The van der Waals surface area contributed by atoms with Crippen molar-refractivity contribution in [3.8, 4) is 11.4 Å². The van der Waals surface area contributed by atoms with Crippen LogP contribution in [0.1, 0.15) is 37.1 Å². The second kappa shape index (κ2) is 10.6. The highest BCUT2D eigenvalue weighted by atomic mass is 15.4. The van der Waals surface area contributed by atoms with Crippen LogP contribution in [0.4, 0.5) is 0 Å². The fraction of sp³-hybridized carbons (Fsp3) is 0.250. The Morgan fingerprint density at radius 1 is 0.688 bits per heavy atom. The van der Waals surface area contributed by atoms with Crippen molar-refractivity contribution in [2.45, 2.75) is 25.9 Å². The van der Waals surface area contributed by atoms with Gasteiger partial charge in [-0.25, -0.2) is 9.36 Å². The molecule has 2 aromatic heterocycles. The van der Waals surface area contributed by atoms with Crippen molar-refractivity contribution >= 4 is 0 Å². The van der Waals surface area contributed by atoms with Gasteiger partial charge in [0.15, 0.2) is 0 Å². The summed E-state index contributed by atoms with van der Waals surface area (Å²) in [5, 5.41) is 22.8. The van der Waals surface area contributed by atoms with Crippen molar-refractivity contribution in [2.24, 2.45) is 0 Å². The minimum absolute atomic E-state index is 0.264. The van der Waals surface area contributed by atoms with Crippen LogP contribution in [0.25, 0.3) is 11.4 Å². The van der Waals surface area contributed by atoms with Crippen molar-refractivity contribution in [3.05, 3.63) is 96.6 Å². The molecule has 8 heteroatoms. The maximum absolute atomic E-state index is 4.02. The van der Waals surface area contributed by atoms with Gasteiger partial charge in [0.2, 0.25) is 0 Å².